The average molecular weight is 681 g/mol. The Hall–Kier alpha value is -4.20. The van der Waals surface area contributed by atoms with Crippen molar-refractivity contribution in [2.45, 2.75) is 76.3 Å². The van der Waals surface area contributed by atoms with E-state index in [1.54, 1.807) is 37.5 Å². The molecule has 3 N–H and O–H groups in total. The molecule has 0 amide bonds. The molecule has 2 unspecified atom stereocenters. The topological polar surface area (TPSA) is 172 Å². The Balaban J connectivity index is 1.27. The fourth-order valence-electron chi connectivity index (χ4n) is 8.23. The summed E-state index contributed by atoms with van der Waals surface area (Å²) >= 11 is 0. The largest absolute Gasteiger partial charge is 0.456 e. The lowest BCUT2D eigenvalue weighted by Crippen LogP contribution is -2.57. The monoisotopic (exact) mass is 680 g/mol. The van der Waals surface area contributed by atoms with E-state index in [2.05, 4.69) is 10.3 Å². The lowest BCUT2D eigenvalue weighted by Gasteiger charge is -2.48. The molecule has 2 fully saturated rings. The molecule has 4 heterocycles. The van der Waals surface area contributed by atoms with Gasteiger partial charge in [0.2, 0.25) is 0 Å². The van der Waals surface area contributed by atoms with Gasteiger partial charge in [0, 0.05) is 61.2 Å². The van der Waals surface area contributed by atoms with Crippen LogP contribution in [0.1, 0.15) is 44.6 Å². The molecule has 12 atom stereocenters. The second kappa shape index (κ2) is 14.0. The molecule has 264 valence electrons. The van der Waals surface area contributed by atoms with E-state index in [0.717, 1.165) is 5.57 Å². The normalized spacial score (nSPS) is 38.0. The molecule has 1 spiro atoms. The fourth-order valence-corrected chi connectivity index (χ4v) is 8.23. The Kier molecular flexibility index (Phi) is 9.88. The summed E-state index contributed by atoms with van der Waals surface area (Å²) in [5, 5.41) is 14.9. The van der Waals surface area contributed by atoms with Crippen LogP contribution in [0, 0.1) is 29.6 Å². The van der Waals surface area contributed by atoms with Gasteiger partial charge >= 0.3 is 23.9 Å². The summed E-state index contributed by atoms with van der Waals surface area (Å²) in [4.78, 5) is 54.8. The van der Waals surface area contributed by atoms with E-state index in [9.17, 15) is 24.3 Å². The molecule has 2 aliphatic carbocycles. The highest BCUT2D eigenvalue weighted by Gasteiger charge is 2.69. The molecule has 1 saturated carbocycles. The maximum absolute atomic E-state index is 13.6. The van der Waals surface area contributed by atoms with Gasteiger partial charge in [0.25, 0.3) is 0 Å². The van der Waals surface area contributed by atoms with Gasteiger partial charge in [0.15, 0.2) is 6.10 Å². The van der Waals surface area contributed by atoms with E-state index in [4.69, 9.17) is 28.4 Å². The number of hydrogen-bond donors (Lipinski definition) is 3. The zero-order valence-corrected chi connectivity index (χ0v) is 28.2. The van der Waals surface area contributed by atoms with Crippen LogP contribution in [0.4, 0.5) is 0 Å². The predicted octanol–water partition coefficient (Wildman–Crippen LogP) is 2.54. The maximum Gasteiger partial charge on any atom is 0.417 e. The van der Waals surface area contributed by atoms with Crippen LogP contribution < -0.4 is 5.32 Å². The third kappa shape index (κ3) is 6.35. The van der Waals surface area contributed by atoms with Crippen molar-refractivity contribution in [3.63, 3.8) is 0 Å². The number of dihydropyridines is 1. The van der Waals surface area contributed by atoms with Crippen molar-refractivity contribution < 1.29 is 52.7 Å². The molecule has 0 aromatic carbocycles. The number of hydrogen-bond acceptors (Lipinski definition) is 12. The van der Waals surface area contributed by atoms with Crippen molar-refractivity contribution in [2.75, 3.05) is 20.3 Å². The van der Waals surface area contributed by atoms with Crippen LogP contribution in [-0.2, 0) is 42.8 Å². The minimum atomic E-state index is -1.21. The van der Waals surface area contributed by atoms with Crippen LogP contribution in [0.3, 0.4) is 0 Å². The van der Waals surface area contributed by atoms with Gasteiger partial charge in [-0.25, -0.2) is 19.2 Å². The first-order valence-electron chi connectivity index (χ1n) is 16.7. The number of ether oxygens (including phenoxy) is 6. The SMILES string of the molecule is CO[C@H]1C[C@H]2C=CC3C4[C@H](O)[C@@H](C)[C@@H](OC(=O)c5ccc[nH]5)[C@@H]3O[C@]42/C(C)=C/[C@@H](C)[C@@H]([C@@H](C)OC(=O)C(=O)OCC2=CNCC=C2)OC1=O. The molecule has 0 radical (unpaired) electrons. The van der Waals surface area contributed by atoms with E-state index in [-0.39, 0.29) is 18.9 Å². The van der Waals surface area contributed by atoms with Crippen molar-refractivity contribution in [3.8, 4) is 0 Å². The first-order valence-corrected chi connectivity index (χ1v) is 16.7. The second-order valence-corrected chi connectivity index (χ2v) is 13.6. The highest BCUT2D eigenvalue weighted by Crippen LogP contribution is 2.61. The molecule has 1 aromatic heterocycles. The summed E-state index contributed by atoms with van der Waals surface area (Å²) in [6.45, 7) is 7.66. The average Bonchev–Trinajstić information content (AvgIpc) is 3.70. The molecule has 13 nitrogen and oxygen atoms in total. The summed E-state index contributed by atoms with van der Waals surface area (Å²) < 4.78 is 35.2. The van der Waals surface area contributed by atoms with Crippen molar-refractivity contribution in [3.05, 3.63) is 71.7 Å². The summed E-state index contributed by atoms with van der Waals surface area (Å²) in [6, 6.07) is 3.33. The second-order valence-electron chi connectivity index (χ2n) is 13.6. The maximum atomic E-state index is 13.6. The number of esters is 4. The van der Waals surface area contributed by atoms with Crippen LogP contribution in [0.5, 0.6) is 0 Å². The summed E-state index contributed by atoms with van der Waals surface area (Å²) in [5.74, 6) is -5.66. The number of aliphatic hydroxyl groups is 1. The molecular weight excluding hydrogens is 636 g/mol. The van der Waals surface area contributed by atoms with E-state index in [1.165, 1.54) is 7.11 Å². The van der Waals surface area contributed by atoms with Gasteiger partial charge in [-0.3, -0.25) is 0 Å². The van der Waals surface area contributed by atoms with E-state index >= 15 is 0 Å². The standard InChI is InChI=1S/C36H44N2O11/c1-18-14-19(2)36-23(10-11-24-27(36)28(39)20(3)30(31(24)49-36)48-32(40)25-9-7-13-38-25)15-26(44-5)33(41)47-29(18)21(4)46-35(43)34(42)45-17-22-8-6-12-37-16-22/h6-11,13-14,16,18,20-21,23-24,26-31,37-39H,12,15,17H2,1-5H3/b19-14+/t18-,20-,21-,23-,24?,26+,27?,28-,29+,30-,31-,36+/m1/s1. The smallest absolute Gasteiger partial charge is 0.417 e. The van der Waals surface area contributed by atoms with E-state index in [0.29, 0.717) is 17.8 Å². The van der Waals surface area contributed by atoms with Crippen LogP contribution in [0.25, 0.3) is 0 Å². The minimum absolute atomic E-state index is 0.116. The number of aliphatic hydroxyl groups excluding tert-OH is 1. The van der Waals surface area contributed by atoms with Gasteiger partial charge in [-0.15, -0.1) is 0 Å². The number of carbonyl (C=O) groups excluding carboxylic acids is 4. The Labute approximate surface area is 284 Å². The lowest BCUT2D eigenvalue weighted by atomic mass is 9.57. The zero-order chi connectivity index (χ0) is 35.0. The van der Waals surface area contributed by atoms with Gasteiger partial charge < -0.3 is 43.8 Å². The lowest BCUT2D eigenvalue weighted by molar-refractivity contribution is -0.183. The highest BCUT2D eigenvalue weighted by molar-refractivity contribution is 6.29. The van der Waals surface area contributed by atoms with Crippen molar-refractivity contribution in [2.24, 2.45) is 29.6 Å². The van der Waals surface area contributed by atoms with Crippen molar-refractivity contribution in [1.82, 2.24) is 10.3 Å². The highest BCUT2D eigenvalue weighted by atomic mass is 16.6. The Morgan fingerprint density at radius 3 is 2.67 bits per heavy atom. The van der Waals surface area contributed by atoms with Crippen LogP contribution in [-0.4, -0.2) is 96.5 Å². The molecule has 1 saturated heterocycles. The molecule has 5 aliphatic rings. The fraction of sp³-hybridized carbons (Fsp3) is 0.556. The number of H-pyrrole nitrogens is 1. The zero-order valence-electron chi connectivity index (χ0n) is 28.2. The quantitative estimate of drug-likeness (QED) is 0.167. The molecule has 49 heavy (non-hydrogen) atoms. The molecule has 3 aliphatic heterocycles. The van der Waals surface area contributed by atoms with Crippen LogP contribution >= 0.6 is 0 Å². The summed E-state index contributed by atoms with van der Waals surface area (Å²) in [5.41, 5.74) is 0.695. The Bertz CT molecular complexity index is 1560. The molecular formula is C36H44N2O11. The van der Waals surface area contributed by atoms with Gasteiger partial charge in [0.1, 0.15) is 42.3 Å². The number of methoxy groups -OCH3 is 1. The molecule has 1 aromatic rings. The van der Waals surface area contributed by atoms with Gasteiger partial charge in [-0.05, 0) is 38.0 Å². The van der Waals surface area contributed by atoms with Gasteiger partial charge in [-0.2, -0.15) is 0 Å². The van der Waals surface area contributed by atoms with Crippen molar-refractivity contribution in [1.29, 1.82) is 0 Å². The van der Waals surface area contributed by atoms with Crippen LogP contribution in [0.15, 0.2) is 66.1 Å². The minimum Gasteiger partial charge on any atom is -0.456 e. The van der Waals surface area contributed by atoms with E-state index < -0.39 is 89.8 Å². The number of nitrogens with one attached hydrogen (secondary N) is 2. The van der Waals surface area contributed by atoms with Crippen LogP contribution in [0.2, 0.25) is 0 Å². The molecule has 4 bridgehead atoms. The Morgan fingerprint density at radius 2 is 1.98 bits per heavy atom. The number of carbonyl (C=O) groups is 4. The third-order valence-electron chi connectivity index (χ3n) is 10.6. The molecule has 13 heteroatoms. The Morgan fingerprint density at radius 1 is 1.18 bits per heavy atom. The molecule has 6 rings (SSSR count). The number of rotatable bonds is 7. The third-order valence-corrected chi connectivity index (χ3v) is 10.6. The number of cyclic esters (lactones) is 1. The number of aromatic amines is 1. The first-order chi connectivity index (χ1) is 23.5. The van der Waals surface area contributed by atoms with Gasteiger partial charge in [-0.1, -0.05) is 44.2 Å². The first kappa shape index (κ1) is 34.7. The van der Waals surface area contributed by atoms with Crippen molar-refractivity contribution >= 4 is 23.9 Å². The summed E-state index contributed by atoms with van der Waals surface area (Å²) in [6.07, 6.45) is 7.74. The number of aromatic nitrogens is 1. The summed E-state index contributed by atoms with van der Waals surface area (Å²) in [7, 11) is 1.41. The predicted molar refractivity (Wildman–Crippen MR) is 172 cm³/mol. The van der Waals surface area contributed by atoms with Gasteiger partial charge in [0.05, 0.1) is 6.10 Å². The van der Waals surface area contributed by atoms with E-state index in [1.807, 2.05) is 45.1 Å².